The zero-order valence-electron chi connectivity index (χ0n) is 10.3. The second-order valence-corrected chi connectivity index (χ2v) is 5.26. The zero-order chi connectivity index (χ0) is 11.4. The van der Waals surface area contributed by atoms with Crippen molar-refractivity contribution in [3.05, 3.63) is 12.7 Å². The minimum Gasteiger partial charge on any atom is -1.00 e. The van der Waals surface area contributed by atoms with E-state index in [0.29, 0.717) is 0 Å². The van der Waals surface area contributed by atoms with Gasteiger partial charge < -0.3 is 6.74 Å². The summed E-state index contributed by atoms with van der Waals surface area (Å²) in [5.74, 6) is -0.759. The van der Waals surface area contributed by atoms with Crippen LogP contribution in [0, 0.1) is 5.41 Å². The van der Waals surface area contributed by atoms with Crippen LogP contribution in [0.1, 0.15) is 15.3 Å². The Bertz CT molecular complexity index is 329. The Hall–Kier alpha value is 0.925. The van der Waals surface area contributed by atoms with Crippen molar-refractivity contribution in [3.8, 4) is 0 Å². The van der Waals surface area contributed by atoms with E-state index in [4.69, 9.17) is 4.55 Å². The third kappa shape index (κ3) is 11.2. The van der Waals surface area contributed by atoms with Gasteiger partial charge in [0.1, 0.15) is 0 Å². The fraction of sp³-hybridized carbons (Fsp3) is 0.625. The number of carbonyl (C=O) groups is 1. The molecule has 0 aromatic carbocycles. The topological polar surface area (TPSA) is 83.5 Å². The number of carbonyl (C=O) groups excluding carboxylic acids is 1. The third-order valence-electron chi connectivity index (χ3n) is 1.50. The molecule has 0 spiro atoms. The second-order valence-electron chi connectivity index (χ2n) is 3.81. The van der Waals surface area contributed by atoms with Crippen LogP contribution in [0.15, 0.2) is 12.7 Å². The van der Waals surface area contributed by atoms with Crippen molar-refractivity contribution < 1.29 is 77.4 Å². The molecular weight excluding hydrogens is 292 g/mol. The summed E-state index contributed by atoms with van der Waals surface area (Å²) in [6.45, 7) is 6.68. The third-order valence-corrected chi connectivity index (χ3v) is 2.65. The molecule has 5 nitrogen and oxygen atoms in total. The first-order chi connectivity index (χ1) is 6.16. The fourth-order valence-corrected chi connectivity index (χ4v) is 2.03. The van der Waals surface area contributed by atoms with Crippen molar-refractivity contribution in [1.29, 1.82) is 0 Å². The van der Waals surface area contributed by atoms with E-state index < -0.39 is 21.3 Å². The molecule has 0 saturated carbocycles. The van der Waals surface area contributed by atoms with Crippen molar-refractivity contribution in [2.75, 3.05) is 12.3 Å². The van der Waals surface area contributed by atoms with Crippen molar-refractivity contribution in [1.82, 2.24) is 5.32 Å². The quantitative estimate of drug-likeness (QED) is 0.428. The Balaban J connectivity index is -0.000000845. The minimum atomic E-state index is -4.01. The molecule has 0 bridgehead atoms. The number of amides is 1. The Morgan fingerprint density at radius 2 is 2.07 bits per heavy atom. The molecule has 84 valence electrons. The van der Waals surface area contributed by atoms with Gasteiger partial charge in [-0.3, -0.25) is 9.35 Å². The molecule has 0 aliphatic carbocycles. The van der Waals surface area contributed by atoms with Gasteiger partial charge in [0.25, 0.3) is 10.1 Å². The van der Waals surface area contributed by atoms with Gasteiger partial charge in [0.15, 0.2) is 0 Å². The van der Waals surface area contributed by atoms with Crippen LogP contribution >= 0.6 is 0 Å². The largest absolute Gasteiger partial charge is 1.00 e. The Kier molecular flexibility index (Phi) is 8.89. The van der Waals surface area contributed by atoms with Crippen LogP contribution in [0.4, 0.5) is 0 Å². The summed E-state index contributed by atoms with van der Waals surface area (Å²) < 4.78 is 29.8. The number of rotatable bonds is 5. The maximum absolute atomic E-state index is 10.8. The Morgan fingerprint density at radius 3 is 2.40 bits per heavy atom. The molecule has 7 heteroatoms. The smallest absolute Gasteiger partial charge is 1.00 e. The maximum Gasteiger partial charge on any atom is 1.00 e. The van der Waals surface area contributed by atoms with E-state index in [9.17, 15) is 13.2 Å². The minimum absolute atomic E-state index is 0. The van der Waals surface area contributed by atoms with E-state index >= 15 is 0 Å². The monoisotopic (exact) mass is 307 g/mol. The normalized spacial score (nSPS) is 11.4. The average molecular weight is 308 g/mol. The first-order valence-corrected chi connectivity index (χ1v) is 5.63. The van der Waals surface area contributed by atoms with Gasteiger partial charge in [0.2, 0.25) is 5.91 Å². The van der Waals surface area contributed by atoms with Crippen LogP contribution < -0.4 is 63.5 Å². The summed E-state index contributed by atoms with van der Waals surface area (Å²) in [4.78, 5) is 10.8. The van der Waals surface area contributed by atoms with E-state index in [0.717, 1.165) is 6.08 Å². The fourth-order valence-electron chi connectivity index (χ4n) is 0.943. The van der Waals surface area contributed by atoms with Gasteiger partial charge in [0, 0.05) is 6.54 Å². The number of hydrogen-bond acceptors (Lipinski definition) is 3. The standard InChI is InChI=1S/C8H15NO4S.Rb.H/c1-4-7(10)9-5-8(2,3)6-14(11,12)13;;/h4H,1,5-6H2,2-3H3,(H,9,10)(H,11,12,13);;/q;+1;-1. The van der Waals surface area contributed by atoms with Crippen LogP contribution in [0.2, 0.25) is 0 Å². The molecule has 0 fully saturated rings. The molecular formula is C8H16NO4RbS. The van der Waals surface area contributed by atoms with Gasteiger partial charge in [-0.05, 0) is 11.5 Å². The van der Waals surface area contributed by atoms with Crippen LogP contribution in [0.3, 0.4) is 0 Å². The number of nitrogens with one attached hydrogen (secondary N) is 1. The molecule has 0 saturated heterocycles. The zero-order valence-corrected chi connectivity index (χ0v) is 15.0. The molecule has 0 aliphatic heterocycles. The molecule has 0 aromatic rings. The summed E-state index contributed by atoms with van der Waals surface area (Å²) in [5, 5.41) is 2.46. The molecule has 0 unspecified atom stereocenters. The Morgan fingerprint density at radius 1 is 1.60 bits per heavy atom. The van der Waals surface area contributed by atoms with E-state index in [2.05, 4.69) is 11.9 Å². The summed E-state index contributed by atoms with van der Waals surface area (Å²) in [7, 11) is -4.01. The van der Waals surface area contributed by atoms with Gasteiger partial charge in [-0.25, -0.2) is 0 Å². The van der Waals surface area contributed by atoms with E-state index in [1.165, 1.54) is 0 Å². The SMILES string of the molecule is C=CC(=O)NCC(C)(C)CS(=O)(=O)O.[H-].[Rb+]. The van der Waals surface area contributed by atoms with Crippen molar-refractivity contribution >= 4 is 16.0 Å². The van der Waals surface area contributed by atoms with Crippen LogP contribution in [-0.4, -0.2) is 31.2 Å². The van der Waals surface area contributed by atoms with Gasteiger partial charge in [-0.15, -0.1) is 0 Å². The van der Waals surface area contributed by atoms with Crippen molar-refractivity contribution in [3.63, 3.8) is 0 Å². The van der Waals surface area contributed by atoms with Gasteiger partial charge in [-0.2, -0.15) is 8.42 Å². The maximum atomic E-state index is 10.8. The van der Waals surface area contributed by atoms with Gasteiger partial charge in [0.05, 0.1) is 5.75 Å². The second kappa shape index (κ2) is 7.29. The molecule has 2 N–H and O–H groups in total. The predicted octanol–water partition coefficient (Wildman–Crippen LogP) is -2.68. The van der Waals surface area contributed by atoms with Crippen molar-refractivity contribution in [2.24, 2.45) is 5.41 Å². The van der Waals surface area contributed by atoms with E-state index in [1.54, 1.807) is 13.8 Å². The Labute approximate surface area is 141 Å². The molecule has 0 aromatic heterocycles. The summed E-state index contributed by atoms with van der Waals surface area (Å²) in [5.41, 5.74) is -0.702. The average Bonchev–Trinajstić information content (AvgIpc) is 1.96. The summed E-state index contributed by atoms with van der Waals surface area (Å²) in [6.07, 6.45) is 1.10. The molecule has 0 aliphatic rings. The van der Waals surface area contributed by atoms with Crippen molar-refractivity contribution in [2.45, 2.75) is 13.8 Å². The van der Waals surface area contributed by atoms with Crippen LogP contribution in [-0.2, 0) is 14.9 Å². The molecule has 0 atom stereocenters. The summed E-state index contributed by atoms with van der Waals surface area (Å²) in [6, 6.07) is 0. The number of hydrogen-bond donors (Lipinski definition) is 2. The first-order valence-electron chi connectivity index (χ1n) is 4.02. The van der Waals surface area contributed by atoms with E-state index in [-0.39, 0.29) is 72.1 Å². The van der Waals surface area contributed by atoms with E-state index in [1.807, 2.05) is 0 Å². The first kappa shape index (κ1) is 18.3. The van der Waals surface area contributed by atoms with Crippen LogP contribution in [0.5, 0.6) is 0 Å². The van der Waals surface area contributed by atoms with Crippen LogP contribution in [0.25, 0.3) is 0 Å². The molecule has 0 radical (unpaired) electrons. The molecule has 15 heavy (non-hydrogen) atoms. The van der Waals surface area contributed by atoms with Gasteiger partial charge >= 0.3 is 58.2 Å². The summed E-state index contributed by atoms with van der Waals surface area (Å²) >= 11 is 0. The molecule has 0 rings (SSSR count). The molecule has 1 amide bonds. The molecule has 0 heterocycles. The predicted molar refractivity (Wildman–Crippen MR) is 54.5 cm³/mol. The van der Waals surface area contributed by atoms with Gasteiger partial charge in [-0.1, -0.05) is 20.4 Å².